The number of morpholine rings is 1. The third-order valence-corrected chi connectivity index (χ3v) is 5.17. The van der Waals surface area contributed by atoms with Crippen LogP contribution in [-0.4, -0.2) is 53.4 Å². The van der Waals surface area contributed by atoms with E-state index in [0.717, 1.165) is 42.1 Å². The molecule has 4 rings (SSSR count). The zero-order valence-corrected chi connectivity index (χ0v) is 19.1. The number of hydrogen-bond acceptors (Lipinski definition) is 8. The monoisotopic (exact) mass is 462 g/mol. The number of amides is 2. The Kier molecular flexibility index (Phi) is 8.79. The highest BCUT2D eigenvalue weighted by molar-refractivity contribution is 5.99. The Morgan fingerprint density at radius 1 is 1.06 bits per heavy atom. The van der Waals surface area contributed by atoms with Gasteiger partial charge >= 0.3 is 12.2 Å². The Hall–Kier alpha value is -4.14. The zero-order chi connectivity index (χ0) is 24.3. The second-order valence-electron chi connectivity index (χ2n) is 7.35. The molecule has 10 heteroatoms. The standard InChI is InChI=1S/C23H26N6O2.CO2/c1-3-19-16(2)22(29-12-14-31-15-13-29)28-21(26-19)17-7-9-18(10-8-17)25-23(30)27-20-6-4-5-11-24-20;2-1-3/h4-11H,3,12-15H2,1-2H3,(H2,24,25,27,30);. The Bertz CT molecular complexity index is 1130. The van der Waals surface area contributed by atoms with E-state index in [1.54, 1.807) is 18.3 Å². The first-order valence-corrected chi connectivity index (χ1v) is 10.8. The van der Waals surface area contributed by atoms with Crippen molar-refractivity contribution in [2.45, 2.75) is 20.3 Å². The summed E-state index contributed by atoms with van der Waals surface area (Å²) in [6, 6.07) is 12.5. The van der Waals surface area contributed by atoms with Gasteiger partial charge in [-0.15, -0.1) is 0 Å². The van der Waals surface area contributed by atoms with Gasteiger partial charge in [0.1, 0.15) is 11.6 Å². The molecule has 2 N–H and O–H groups in total. The Morgan fingerprint density at radius 2 is 1.76 bits per heavy atom. The first-order chi connectivity index (χ1) is 16.5. The van der Waals surface area contributed by atoms with Crippen molar-refractivity contribution in [3.63, 3.8) is 0 Å². The number of nitrogens with zero attached hydrogens (tertiary/aromatic N) is 4. The van der Waals surface area contributed by atoms with Crippen LogP contribution in [0, 0.1) is 6.92 Å². The molecule has 1 aliphatic rings. The number of aryl methyl sites for hydroxylation is 1. The fourth-order valence-corrected chi connectivity index (χ4v) is 3.52. The minimum atomic E-state index is -0.346. The van der Waals surface area contributed by atoms with Crippen molar-refractivity contribution >= 4 is 29.5 Å². The molecule has 34 heavy (non-hydrogen) atoms. The molecule has 10 nitrogen and oxygen atoms in total. The lowest BCUT2D eigenvalue weighted by atomic mass is 10.1. The lowest BCUT2D eigenvalue weighted by Crippen LogP contribution is -2.37. The summed E-state index contributed by atoms with van der Waals surface area (Å²) >= 11 is 0. The van der Waals surface area contributed by atoms with Crippen molar-refractivity contribution in [1.82, 2.24) is 15.0 Å². The lowest BCUT2D eigenvalue weighted by molar-refractivity contribution is -0.191. The van der Waals surface area contributed by atoms with Gasteiger partial charge in [-0.25, -0.2) is 19.7 Å². The second-order valence-corrected chi connectivity index (χ2v) is 7.35. The van der Waals surface area contributed by atoms with Gasteiger partial charge in [0.05, 0.1) is 13.2 Å². The summed E-state index contributed by atoms with van der Waals surface area (Å²) in [5.41, 5.74) is 3.74. The van der Waals surface area contributed by atoms with E-state index in [9.17, 15) is 4.79 Å². The van der Waals surface area contributed by atoms with Gasteiger partial charge in [0, 0.05) is 41.8 Å². The van der Waals surface area contributed by atoms with E-state index in [-0.39, 0.29) is 12.2 Å². The van der Waals surface area contributed by atoms with Crippen LogP contribution >= 0.6 is 0 Å². The first-order valence-electron chi connectivity index (χ1n) is 10.8. The number of ether oxygens (including phenoxy) is 1. The Labute approximate surface area is 197 Å². The summed E-state index contributed by atoms with van der Waals surface area (Å²) < 4.78 is 5.49. The van der Waals surface area contributed by atoms with Crippen LogP contribution in [0.1, 0.15) is 18.2 Å². The maximum absolute atomic E-state index is 12.2. The van der Waals surface area contributed by atoms with E-state index in [0.29, 0.717) is 30.5 Å². The number of benzene rings is 1. The quantitative estimate of drug-likeness (QED) is 0.591. The predicted octanol–water partition coefficient (Wildman–Crippen LogP) is 3.31. The topological polar surface area (TPSA) is 126 Å². The molecule has 1 aromatic carbocycles. The zero-order valence-electron chi connectivity index (χ0n) is 19.1. The van der Waals surface area contributed by atoms with Crippen LogP contribution in [-0.2, 0) is 20.7 Å². The minimum absolute atomic E-state index is 0.250. The summed E-state index contributed by atoms with van der Waals surface area (Å²) in [4.78, 5) is 44.4. The summed E-state index contributed by atoms with van der Waals surface area (Å²) in [6.07, 6.45) is 2.72. The van der Waals surface area contributed by atoms with Crippen LogP contribution < -0.4 is 15.5 Å². The van der Waals surface area contributed by atoms with Crippen LogP contribution in [0.25, 0.3) is 11.4 Å². The molecule has 0 saturated carbocycles. The highest BCUT2D eigenvalue weighted by Gasteiger charge is 2.19. The summed E-state index contributed by atoms with van der Waals surface area (Å²) in [7, 11) is 0. The molecule has 2 aromatic heterocycles. The molecule has 0 bridgehead atoms. The number of rotatable bonds is 5. The van der Waals surface area contributed by atoms with Gasteiger partial charge in [0.15, 0.2) is 5.82 Å². The van der Waals surface area contributed by atoms with Crippen molar-refractivity contribution in [2.24, 2.45) is 0 Å². The smallest absolute Gasteiger partial charge is 0.373 e. The summed E-state index contributed by atoms with van der Waals surface area (Å²) in [5, 5.41) is 5.51. The third kappa shape index (κ3) is 6.44. The molecule has 0 spiro atoms. The van der Waals surface area contributed by atoms with Gasteiger partial charge in [0.2, 0.25) is 0 Å². The van der Waals surface area contributed by atoms with E-state index in [1.807, 2.05) is 30.3 Å². The van der Waals surface area contributed by atoms with Crippen LogP contribution in [0.2, 0.25) is 0 Å². The fraction of sp³-hybridized carbons (Fsp3) is 0.292. The maximum atomic E-state index is 12.2. The normalized spacial score (nSPS) is 12.7. The van der Waals surface area contributed by atoms with Crippen molar-refractivity contribution < 1.29 is 19.1 Å². The van der Waals surface area contributed by atoms with Crippen LogP contribution in [0.5, 0.6) is 0 Å². The molecule has 3 heterocycles. The number of carbonyl (C=O) groups excluding carboxylic acids is 3. The van der Waals surface area contributed by atoms with Gasteiger partial charge < -0.3 is 15.0 Å². The van der Waals surface area contributed by atoms with Crippen LogP contribution in [0.3, 0.4) is 0 Å². The average Bonchev–Trinajstić information content (AvgIpc) is 2.86. The van der Waals surface area contributed by atoms with Crippen LogP contribution in [0.15, 0.2) is 48.7 Å². The Morgan fingerprint density at radius 3 is 2.38 bits per heavy atom. The molecule has 2 amide bonds. The van der Waals surface area contributed by atoms with Gasteiger partial charge in [-0.05, 0) is 49.7 Å². The fourth-order valence-electron chi connectivity index (χ4n) is 3.52. The minimum Gasteiger partial charge on any atom is -0.378 e. The molecule has 1 saturated heterocycles. The predicted molar refractivity (Wildman–Crippen MR) is 127 cm³/mol. The van der Waals surface area contributed by atoms with Crippen molar-refractivity contribution in [3.8, 4) is 11.4 Å². The maximum Gasteiger partial charge on any atom is 0.373 e. The molecular formula is C24H26N6O4. The number of nitrogens with one attached hydrogen (secondary N) is 2. The van der Waals surface area contributed by atoms with E-state index < -0.39 is 0 Å². The highest BCUT2D eigenvalue weighted by atomic mass is 16.5. The second kappa shape index (κ2) is 12.2. The van der Waals surface area contributed by atoms with Crippen molar-refractivity contribution in [2.75, 3.05) is 41.8 Å². The van der Waals surface area contributed by atoms with Crippen molar-refractivity contribution in [3.05, 3.63) is 59.9 Å². The first kappa shape index (κ1) is 24.5. The average molecular weight is 463 g/mol. The highest BCUT2D eigenvalue weighted by Crippen LogP contribution is 2.26. The van der Waals surface area contributed by atoms with E-state index in [4.69, 9.17) is 24.3 Å². The molecule has 0 unspecified atom stereocenters. The van der Waals surface area contributed by atoms with E-state index in [2.05, 4.69) is 34.4 Å². The third-order valence-electron chi connectivity index (χ3n) is 5.17. The van der Waals surface area contributed by atoms with Gasteiger partial charge in [-0.1, -0.05) is 13.0 Å². The molecule has 176 valence electrons. The Balaban J connectivity index is 0.00000103. The molecule has 0 aliphatic carbocycles. The van der Waals surface area contributed by atoms with E-state index in [1.165, 1.54) is 0 Å². The number of hydrogen-bond donors (Lipinski definition) is 2. The number of anilines is 3. The van der Waals surface area contributed by atoms with Gasteiger partial charge in [-0.2, -0.15) is 9.59 Å². The molecule has 0 radical (unpaired) electrons. The number of carbonyl (C=O) groups is 1. The largest absolute Gasteiger partial charge is 0.378 e. The van der Waals surface area contributed by atoms with Crippen molar-refractivity contribution in [1.29, 1.82) is 0 Å². The number of urea groups is 1. The summed E-state index contributed by atoms with van der Waals surface area (Å²) in [6.45, 7) is 7.27. The molecule has 3 aromatic rings. The summed E-state index contributed by atoms with van der Waals surface area (Å²) in [5.74, 6) is 2.16. The van der Waals surface area contributed by atoms with Gasteiger partial charge in [0.25, 0.3) is 0 Å². The number of aromatic nitrogens is 3. The number of pyridine rings is 1. The molecular weight excluding hydrogens is 436 g/mol. The molecule has 0 atom stereocenters. The van der Waals surface area contributed by atoms with Gasteiger partial charge in [-0.3, -0.25) is 5.32 Å². The van der Waals surface area contributed by atoms with E-state index >= 15 is 0 Å². The molecule has 1 aliphatic heterocycles. The van der Waals surface area contributed by atoms with Crippen LogP contribution in [0.4, 0.5) is 22.1 Å². The SMILES string of the molecule is CCc1nc(-c2ccc(NC(=O)Nc3ccccn3)cc2)nc(N2CCOCC2)c1C.O=C=O. The molecule has 1 fully saturated rings. The lowest BCUT2D eigenvalue weighted by Gasteiger charge is -2.29.